The van der Waals surface area contributed by atoms with Crippen LogP contribution in [0.2, 0.25) is 0 Å². The van der Waals surface area contributed by atoms with Gasteiger partial charge >= 0.3 is 0 Å². The van der Waals surface area contributed by atoms with Crippen molar-refractivity contribution < 1.29 is 0 Å². The second-order valence-electron chi connectivity index (χ2n) is 5.26. The zero-order valence-corrected chi connectivity index (χ0v) is 11.8. The summed E-state index contributed by atoms with van der Waals surface area (Å²) in [4.78, 5) is 6.25. The van der Waals surface area contributed by atoms with Gasteiger partial charge in [0.2, 0.25) is 0 Å². The Balaban J connectivity index is 2.49. The molecule has 1 nitrogen and oxygen atoms in total. The van der Waals surface area contributed by atoms with Gasteiger partial charge < -0.3 is 0 Å². The van der Waals surface area contributed by atoms with Gasteiger partial charge in [-0.05, 0) is 6.42 Å². The van der Waals surface area contributed by atoms with E-state index in [1.807, 2.05) is 17.4 Å². The van der Waals surface area contributed by atoms with Gasteiger partial charge in [-0.2, -0.15) is 0 Å². The summed E-state index contributed by atoms with van der Waals surface area (Å²) >= 11 is 1.83. The van der Waals surface area contributed by atoms with Crippen molar-refractivity contribution >= 4 is 11.3 Å². The molecule has 0 aliphatic carbocycles. The van der Waals surface area contributed by atoms with E-state index in [2.05, 4.69) is 52.0 Å². The SMILES string of the molecule is CCc1sc(-c2ccccc2)nc1C(C)(C)C. The molecule has 2 rings (SSSR count). The predicted octanol–water partition coefficient (Wildman–Crippen LogP) is 4.67. The van der Waals surface area contributed by atoms with Gasteiger partial charge in [-0.3, -0.25) is 0 Å². The van der Waals surface area contributed by atoms with Crippen LogP contribution >= 0.6 is 11.3 Å². The molecule has 0 saturated carbocycles. The molecule has 0 spiro atoms. The van der Waals surface area contributed by atoms with Crippen molar-refractivity contribution in [3.8, 4) is 10.6 Å². The highest BCUT2D eigenvalue weighted by Crippen LogP contribution is 2.34. The van der Waals surface area contributed by atoms with Crippen LogP contribution in [0.4, 0.5) is 0 Å². The maximum Gasteiger partial charge on any atom is 0.123 e. The molecule has 1 aromatic heterocycles. The Morgan fingerprint density at radius 2 is 1.76 bits per heavy atom. The minimum Gasteiger partial charge on any atom is -0.240 e. The topological polar surface area (TPSA) is 12.9 Å². The van der Waals surface area contributed by atoms with Gasteiger partial charge in [0.15, 0.2) is 0 Å². The fourth-order valence-electron chi connectivity index (χ4n) is 1.88. The van der Waals surface area contributed by atoms with Crippen LogP contribution in [-0.4, -0.2) is 4.98 Å². The quantitative estimate of drug-likeness (QED) is 0.749. The Morgan fingerprint density at radius 3 is 2.24 bits per heavy atom. The van der Waals surface area contributed by atoms with Crippen LogP contribution in [-0.2, 0) is 11.8 Å². The van der Waals surface area contributed by atoms with Crippen LogP contribution in [0.15, 0.2) is 30.3 Å². The average Bonchev–Trinajstić information content (AvgIpc) is 2.74. The molecule has 0 bridgehead atoms. The van der Waals surface area contributed by atoms with Gasteiger partial charge in [0.25, 0.3) is 0 Å². The van der Waals surface area contributed by atoms with E-state index in [0.717, 1.165) is 11.4 Å². The monoisotopic (exact) mass is 245 g/mol. The molecule has 1 aromatic carbocycles. The second-order valence-corrected chi connectivity index (χ2v) is 6.34. The first-order chi connectivity index (χ1) is 8.02. The fourth-order valence-corrected chi connectivity index (χ4v) is 3.10. The third-order valence-corrected chi connectivity index (χ3v) is 4.00. The molecule has 2 heteroatoms. The summed E-state index contributed by atoms with van der Waals surface area (Å²) in [5.41, 5.74) is 2.61. The molecule has 0 amide bonds. The van der Waals surface area contributed by atoms with Gasteiger partial charge in [-0.1, -0.05) is 58.0 Å². The summed E-state index contributed by atoms with van der Waals surface area (Å²) in [6.07, 6.45) is 1.07. The van der Waals surface area contributed by atoms with Crippen LogP contribution in [0, 0.1) is 0 Å². The number of thiazole rings is 1. The van der Waals surface area contributed by atoms with E-state index in [1.54, 1.807) is 0 Å². The van der Waals surface area contributed by atoms with E-state index in [9.17, 15) is 0 Å². The average molecular weight is 245 g/mol. The van der Waals surface area contributed by atoms with E-state index in [-0.39, 0.29) is 5.41 Å². The van der Waals surface area contributed by atoms with E-state index in [1.165, 1.54) is 16.1 Å². The molecule has 0 saturated heterocycles. The zero-order valence-electron chi connectivity index (χ0n) is 10.9. The summed E-state index contributed by atoms with van der Waals surface area (Å²) in [5, 5.41) is 1.15. The van der Waals surface area contributed by atoms with Crippen molar-refractivity contribution in [1.29, 1.82) is 0 Å². The summed E-state index contributed by atoms with van der Waals surface area (Å²) in [7, 11) is 0. The number of hydrogen-bond acceptors (Lipinski definition) is 2. The first-order valence-corrected chi connectivity index (χ1v) is 6.89. The molecule has 0 N–H and O–H groups in total. The van der Waals surface area contributed by atoms with Crippen LogP contribution < -0.4 is 0 Å². The molecular formula is C15H19NS. The van der Waals surface area contributed by atoms with Crippen LogP contribution in [0.25, 0.3) is 10.6 Å². The molecule has 17 heavy (non-hydrogen) atoms. The molecule has 2 aromatic rings. The van der Waals surface area contributed by atoms with Crippen LogP contribution in [0.5, 0.6) is 0 Å². The van der Waals surface area contributed by atoms with Gasteiger partial charge in [-0.25, -0.2) is 4.98 Å². The van der Waals surface area contributed by atoms with Crippen LogP contribution in [0.1, 0.15) is 38.3 Å². The summed E-state index contributed by atoms with van der Waals surface area (Å²) in [6, 6.07) is 10.4. The summed E-state index contributed by atoms with van der Waals surface area (Å²) < 4.78 is 0. The van der Waals surface area contributed by atoms with Crippen molar-refractivity contribution in [2.24, 2.45) is 0 Å². The first kappa shape index (κ1) is 12.3. The molecule has 0 atom stereocenters. The number of aryl methyl sites for hydroxylation is 1. The van der Waals surface area contributed by atoms with Crippen molar-refractivity contribution in [3.63, 3.8) is 0 Å². The maximum atomic E-state index is 4.84. The maximum absolute atomic E-state index is 4.84. The second kappa shape index (κ2) is 4.61. The number of benzene rings is 1. The Morgan fingerprint density at radius 1 is 1.12 bits per heavy atom. The largest absolute Gasteiger partial charge is 0.240 e. The van der Waals surface area contributed by atoms with E-state index >= 15 is 0 Å². The van der Waals surface area contributed by atoms with Gasteiger partial charge in [-0.15, -0.1) is 11.3 Å². The smallest absolute Gasteiger partial charge is 0.123 e. The lowest BCUT2D eigenvalue weighted by molar-refractivity contribution is 0.567. The molecule has 0 unspecified atom stereocenters. The lowest BCUT2D eigenvalue weighted by Gasteiger charge is -2.16. The highest BCUT2D eigenvalue weighted by molar-refractivity contribution is 7.15. The minimum atomic E-state index is 0.134. The molecular weight excluding hydrogens is 226 g/mol. The number of aromatic nitrogens is 1. The number of nitrogens with zero attached hydrogens (tertiary/aromatic N) is 1. The predicted molar refractivity (Wildman–Crippen MR) is 75.6 cm³/mol. The standard InChI is InChI=1S/C15H19NS/c1-5-12-13(15(2,3)4)16-14(17-12)11-9-7-6-8-10-11/h6-10H,5H2,1-4H3. The Kier molecular flexibility index (Phi) is 3.34. The zero-order chi connectivity index (χ0) is 12.5. The van der Waals surface area contributed by atoms with Crippen molar-refractivity contribution in [3.05, 3.63) is 40.9 Å². The van der Waals surface area contributed by atoms with Gasteiger partial charge in [0, 0.05) is 15.9 Å². The van der Waals surface area contributed by atoms with Crippen LogP contribution in [0.3, 0.4) is 0 Å². The lowest BCUT2D eigenvalue weighted by atomic mass is 9.91. The summed E-state index contributed by atoms with van der Waals surface area (Å²) in [6.45, 7) is 8.90. The van der Waals surface area contributed by atoms with Gasteiger partial charge in [0.1, 0.15) is 5.01 Å². The normalized spacial score (nSPS) is 11.8. The van der Waals surface area contributed by atoms with Gasteiger partial charge in [0.05, 0.1) is 5.69 Å². The Hall–Kier alpha value is -1.15. The van der Waals surface area contributed by atoms with E-state index in [4.69, 9.17) is 4.98 Å². The molecule has 1 heterocycles. The fraction of sp³-hybridized carbons (Fsp3) is 0.400. The molecule has 0 aliphatic rings. The first-order valence-electron chi connectivity index (χ1n) is 6.08. The molecule has 0 fully saturated rings. The van der Waals surface area contributed by atoms with E-state index in [0.29, 0.717) is 0 Å². The third kappa shape index (κ3) is 2.58. The number of rotatable bonds is 2. The minimum absolute atomic E-state index is 0.134. The third-order valence-electron chi connectivity index (χ3n) is 2.75. The highest BCUT2D eigenvalue weighted by atomic mass is 32.1. The lowest BCUT2D eigenvalue weighted by Crippen LogP contribution is -2.13. The Labute approximate surface area is 108 Å². The molecule has 90 valence electrons. The Bertz CT molecular complexity index is 491. The van der Waals surface area contributed by atoms with E-state index < -0.39 is 0 Å². The van der Waals surface area contributed by atoms with Crippen molar-refractivity contribution in [1.82, 2.24) is 4.98 Å². The summed E-state index contributed by atoms with van der Waals surface area (Å²) in [5.74, 6) is 0. The number of hydrogen-bond donors (Lipinski definition) is 0. The molecule has 0 aliphatic heterocycles. The van der Waals surface area contributed by atoms with Crippen molar-refractivity contribution in [2.75, 3.05) is 0 Å². The van der Waals surface area contributed by atoms with Crippen molar-refractivity contribution in [2.45, 2.75) is 39.5 Å². The molecule has 0 radical (unpaired) electrons. The highest BCUT2D eigenvalue weighted by Gasteiger charge is 2.22.